The Morgan fingerprint density at radius 1 is 1.26 bits per heavy atom. The Labute approximate surface area is 116 Å². The minimum Gasteiger partial charge on any atom is -0.493 e. The van der Waals surface area contributed by atoms with Crippen LogP contribution in [-0.4, -0.2) is 23.9 Å². The van der Waals surface area contributed by atoms with Crippen LogP contribution in [0.2, 0.25) is 0 Å². The van der Waals surface area contributed by atoms with Crippen LogP contribution in [-0.2, 0) is 6.42 Å². The van der Waals surface area contributed by atoms with Crippen molar-refractivity contribution in [3.8, 4) is 5.75 Å². The average molecular weight is 265 g/mol. The molecule has 1 aromatic carbocycles. The second kappa shape index (κ2) is 7.51. The maximum atomic E-state index is 9.73. The van der Waals surface area contributed by atoms with Crippen molar-refractivity contribution in [2.24, 2.45) is 11.7 Å². The summed E-state index contributed by atoms with van der Waals surface area (Å²) in [5.74, 6) is 1.45. The molecule has 3 N–H and O–H groups in total. The molecular weight excluding hydrogens is 238 g/mol. The summed E-state index contributed by atoms with van der Waals surface area (Å²) in [4.78, 5) is 0. The zero-order valence-corrected chi connectivity index (χ0v) is 12.5. The zero-order valence-electron chi connectivity index (χ0n) is 12.5. The molecule has 1 aromatic rings. The van der Waals surface area contributed by atoms with Gasteiger partial charge in [0.2, 0.25) is 0 Å². The Balaban J connectivity index is 2.57. The van der Waals surface area contributed by atoms with E-state index in [1.807, 2.05) is 13.0 Å². The SMILES string of the molecule is Cc1cc(OCC(C)C)ccc1CCC(O)C(C)N. The fraction of sp³-hybridized carbons (Fsp3) is 0.625. The third kappa shape index (κ3) is 5.62. The minimum absolute atomic E-state index is 0.172. The highest BCUT2D eigenvalue weighted by molar-refractivity contribution is 5.34. The normalized spacial score (nSPS) is 14.5. The Kier molecular flexibility index (Phi) is 6.32. The molecule has 3 nitrogen and oxygen atoms in total. The van der Waals surface area contributed by atoms with E-state index in [1.54, 1.807) is 0 Å². The van der Waals surface area contributed by atoms with Gasteiger partial charge < -0.3 is 15.6 Å². The topological polar surface area (TPSA) is 55.5 Å². The van der Waals surface area contributed by atoms with Crippen molar-refractivity contribution in [3.63, 3.8) is 0 Å². The lowest BCUT2D eigenvalue weighted by Gasteiger charge is -2.16. The highest BCUT2D eigenvalue weighted by Crippen LogP contribution is 2.19. The molecule has 0 saturated heterocycles. The van der Waals surface area contributed by atoms with Gasteiger partial charge in [0.15, 0.2) is 0 Å². The van der Waals surface area contributed by atoms with Crippen molar-refractivity contribution in [3.05, 3.63) is 29.3 Å². The molecule has 1 rings (SSSR count). The van der Waals surface area contributed by atoms with Crippen LogP contribution in [0.1, 0.15) is 38.3 Å². The first-order valence-corrected chi connectivity index (χ1v) is 7.06. The van der Waals surface area contributed by atoms with E-state index in [1.165, 1.54) is 11.1 Å². The summed E-state index contributed by atoms with van der Waals surface area (Å²) in [5, 5.41) is 9.73. The Bertz CT molecular complexity index is 388. The molecule has 0 saturated carbocycles. The van der Waals surface area contributed by atoms with Gasteiger partial charge in [-0.25, -0.2) is 0 Å². The first-order valence-electron chi connectivity index (χ1n) is 7.06. The van der Waals surface area contributed by atoms with E-state index in [2.05, 4.69) is 32.9 Å². The number of hydrogen-bond donors (Lipinski definition) is 2. The summed E-state index contributed by atoms with van der Waals surface area (Å²) in [6, 6.07) is 5.98. The molecule has 0 fully saturated rings. The first kappa shape index (κ1) is 16.0. The number of benzene rings is 1. The smallest absolute Gasteiger partial charge is 0.119 e. The largest absolute Gasteiger partial charge is 0.493 e. The number of aryl methyl sites for hydroxylation is 2. The Hall–Kier alpha value is -1.06. The van der Waals surface area contributed by atoms with Crippen molar-refractivity contribution in [1.29, 1.82) is 0 Å². The number of ether oxygens (including phenoxy) is 1. The van der Waals surface area contributed by atoms with Gasteiger partial charge in [0.25, 0.3) is 0 Å². The lowest BCUT2D eigenvalue weighted by molar-refractivity contribution is 0.141. The maximum absolute atomic E-state index is 9.73. The van der Waals surface area contributed by atoms with Crippen LogP contribution >= 0.6 is 0 Å². The van der Waals surface area contributed by atoms with E-state index in [-0.39, 0.29) is 6.04 Å². The molecule has 0 heterocycles. The minimum atomic E-state index is -0.434. The monoisotopic (exact) mass is 265 g/mol. The third-order valence-corrected chi connectivity index (χ3v) is 3.21. The van der Waals surface area contributed by atoms with Gasteiger partial charge in [-0.05, 0) is 55.9 Å². The molecule has 19 heavy (non-hydrogen) atoms. The predicted molar refractivity (Wildman–Crippen MR) is 79.5 cm³/mol. The summed E-state index contributed by atoms with van der Waals surface area (Å²) in [5.41, 5.74) is 8.11. The van der Waals surface area contributed by atoms with Crippen LogP contribution in [0.3, 0.4) is 0 Å². The average Bonchev–Trinajstić information content (AvgIpc) is 2.34. The Morgan fingerprint density at radius 3 is 2.47 bits per heavy atom. The number of aliphatic hydroxyl groups excluding tert-OH is 1. The summed E-state index contributed by atoms with van der Waals surface area (Å²) < 4.78 is 5.70. The molecule has 0 spiro atoms. The summed E-state index contributed by atoms with van der Waals surface area (Å²) in [7, 11) is 0. The van der Waals surface area contributed by atoms with Crippen molar-refractivity contribution >= 4 is 0 Å². The van der Waals surface area contributed by atoms with Crippen LogP contribution in [0, 0.1) is 12.8 Å². The molecule has 0 bridgehead atoms. The molecule has 3 heteroatoms. The molecule has 0 aromatic heterocycles. The fourth-order valence-corrected chi connectivity index (χ4v) is 1.87. The molecule has 108 valence electrons. The van der Waals surface area contributed by atoms with Gasteiger partial charge in [0.05, 0.1) is 12.7 Å². The number of rotatable bonds is 7. The molecule has 0 aliphatic carbocycles. The molecule has 0 aliphatic rings. The molecule has 0 aliphatic heterocycles. The number of nitrogens with two attached hydrogens (primary N) is 1. The van der Waals surface area contributed by atoms with Crippen LogP contribution in [0.15, 0.2) is 18.2 Å². The van der Waals surface area contributed by atoms with Gasteiger partial charge in [-0.1, -0.05) is 19.9 Å². The Morgan fingerprint density at radius 2 is 1.95 bits per heavy atom. The lowest BCUT2D eigenvalue weighted by atomic mass is 9.99. The zero-order chi connectivity index (χ0) is 14.4. The van der Waals surface area contributed by atoms with E-state index < -0.39 is 6.10 Å². The van der Waals surface area contributed by atoms with E-state index in [0.717, 1.165) is 18.8 Å². The fourth-order valence-electron chi connectivity index (χ4n) is 1.87. The second-order valence-corrected chi connectivity index (χ2v) is 5.76. The van der Waals surface area contributed by atoms with Crippen molar-refractivity contribution in [1.82, 2.24) is 0 Å². The van der Waals surface area contributed by atoms with Gasteiger partial charge in [0.1, 0.15) is 5.75 Å². The second-order valence-electron chi connectivity index (χ2n) is 5.76. The van der Waals surface area contributed by atoms with Gasteiger partial charge in [-0.3, -0.25) is 0 Å². The quantitative estimate of drug-likeness (QED) is 0.797. The van der Waals surface area contributed by atoms with Gasteiger partial charge in [-0.15, -0.1) is 0 Å². The van der Waals surface area contributed by atoms with Crippen molar-refractivity contribution in [2.45, 2.75) is 52.7 Å². The maximum Gasteiger partial charge on any atom is 0.119 e. The highest BCUT2D eigenvalue weighted by Gasteiger charge is 2.10. The van der Waals surface area contributed by atoms with E-state index in [0.29, 0.717) is 12.3 Å². The summed E-state index contributed by atoms with van der Waals surface area (Å²) in [6.07, 6.45) is 1.11. The molecule has 2 unspecified atom stereocenters. The number of hydrogen-bond acceptors (Lipinski definition) is 3. The predicted octanol–water partition coefficient (Wildman–Crippen LogP) is 2.67. The molecule has 0 amide bonds. The molecule has 2 atom stereocenters. The third-order valence-electron chi connectivity index (χ3n) is 3.21. The van der Waals surface area contributed by atoms with Gasteiger partial charge in [-0.2, -0.15) is 0 Å². The molecular formula is C16H27NO2. The van der Waals surface area contributed by atoms with Crippen LogP contribution < -0.4 is 10.5 Å². The number of aliphatic hydroxyl groups is 1. The van der Waals surface area contributed by atoms with E-state index in [4.69, 9.17) is 10.5 Å². The highest BCUT2D eigenvalue weighted by atomic mass is 16.5. The van der Waals surface area contributed by atoms with Gasteiger partial charge >= 0.3 is 0 Å². The van der Waals surface area contributed by atoms with Crippen molar-refractivity contribution < 1.29 is 9.84 Å². The van der Waals surface area contributed by atoms with Crippen LogP contribution in [0.4, 0.5) is 0 Å². The standard InChI is InChI=1S/C16H27NO2/c1-11(2)10-19-15-7-5-14(12(3)9-15)6-8-16(18)13(4)17/h5,7,9,11,13,16,18H,6,8,10,17H2,1-4H3. The van der Waals surface area contributed by atoms with E-state index >= 15 is 0 Å². The van der Waals surface area contributed by atoms with Gasteiger partial charge in [0, 0.05) is 6.04 Å². The van der Waals surface area contributed by atoms with Crippen LogP contribution in [0.5, 0.6) is 5.75 Å². The molecule has 0 radical (unpaired) electrons. The lowest BCUT2D eigenvalue weighted by Crippen LogP contribution is -2.31. The first-order chi connectivity index (χ1) is 8.90. The summed E-state index contributed by atoms with van der Waals surface area (Å²) >= 11 is 0. The van der Waals surface area contributed by atoms with Crippen molar-refractivity contribution in [2.75, 3.05) is 6.61 Å². The summed E-state index contributed by atoms with van der Waals surface area (Å²) in [6.45, 7) is 8.92. The van der Waals surface area contributed by atoms with E-state index in [9.17, 15) is 5.11 Å². The van der Waals surface area contributed by atoms with Crippen LogP contribution in [0.25, 0.3) is 0 Å².